The molecule has 3 atom stereocenters. The van der Waals surface area contributed by atoms with Gasteiger partial charge in [-0.15, -0.1) is 12.4 Å². The van der Waals surface area contributed by atoms with Crippen molar-refractivity contribution in [2.75, 3.05) is 0 Å². The van der Waals surface area contributed by atoms with Crippen LogP contribution in [0.3, 0.4) is 0 Å². The van der Waals surface area contributed by atoms with Gasteiger partial charge in [-0.2, -0.15) is 5.10 Å². The minimum atomic E-state index is -0.681. The van der Waals surface area contributed by atoms with Crippen molar-refractivity contribution in [1.82, 2.24) is 14.7 Å². The van der Waals surface area contributed by atoms with E-state index in [-0.39, 0.29) is 18.4 Å². The van der Waals surface area contributed by atoms with Gasteiger partial charge in [0.05, 0.1) is 11.9 Å². The predicted molar refractivity (Wildman–Crippen MR) is 98.1 cm³/mol. The Balaban J connectivity index is 0.00000182. The van der Waals surface area contributed by atoms with Crippen LogP contribution >= 0.6 is 12.4 Å². The van der Waals surface area contributed by atoms with Crippen LogP contribution < -0.4 is 0 Å². The number of nitrogens with zero attached hydrogens (tertiary/aromatic N) is 3. The van der Waals surface area contributed by atoms with Crippen molar-refractivity contribution in [2.45, 2.75) is 50.7 Å². The summed E-state index contributed by atoms with van der Waals surface area (Å²) in [6, 6.07) is 10.1. The molecule has 1 aromatic carbocycles. The first-order valence-electron chi connectivity index (χ1n) is 8.80. The van der Waals surface area contributed by atoms with Gasteiger partial charge in [-0.25, -0.2) is 4.68 Å². The Labute approximate surface area is 154 Å². The normalized spacial score (nSPS) is 26.0. The summed E-state index contributed by atoms with van der Waals surface area (Å²) in [7, 11) is 0. The first-order chi connectivity index (χ1) is 11.7. The smallest absolute Gasteiger partial charge is 0.320 e. The van der Waals surface area contributed by atoms with E-state index in [0.717, 1.165) is 24.1 Å². The fourth-order valence-corrected chi connectivity index (χ4v) is 4.40. The molecule has 5 nitrogen and oxygen atoms in total. The number of halogens is 1. The minimum Gasteiger partial charge on any atom is -0.480 e. The lowest BCUT2D eigenvalue weighted by molar-refractivity contribution is -0.142. The van der Waals surface area contributed by atoms with Crippen LogP contribution in [0, 0.1) is 5.92 Å². The number of carboxylic acid groups (broad SMARTS) is 1. The average Bonchev–Trinajstić information content (AvgIpc) is 3.21. The van der Waals surface area contributed by atoms with Gasteiger partial charge in [-0.05, 0) is 37.3 Å². The summed E-state index contributed by atoms with van der Waals surface area (Å²) in [5.41, 5.74) is 2.10. The van der Waals surface area contributed by atoms with Crippen molar-refractivity contribution in [3.05, 3.63) is 48.3 Å². The SMILES string of the molecule is Cl.O=C(O)C1CC2CCCCC2N1Cc1cnn(-c2ccccc2)c1. The van der Waals surface area contributed by atoms with E-state index < -0.39 is 5.97 Å². The summed E-state index contributed by atoms with van der Waals surface area (Å²) >= 11 is 0. The maximum Gasteiger partial charge on any atom is 0.320 e. The number of carboxylic acids is 1. The molecule has 4 rings (SSSR count). The van der Waals surface area contributed by atoms with Gasteiger partial charge >= 0.3 is 5.97 Å². The van der Waals surface area contributed by atoms with E-state index in [9.17, 15) is 9.90 Å². The molecule has 1 saturated heterocycles. The van der Waals surface area contributed by atoms with Crippen LogP contribution in [-0.2, 0) is 11.3 Å². The summed E-state index contributed by atoms with van der Waals surface area (Å²) < 4.78 is 1.86. The van der Waals surface area contributed by atoms with E-state index in [1.54, 1.807) is 0 Å². The molecule has 0 amide bonds. The third-order valence-electron chi connectivity index (χ3n) is 5.53. The zero-order valence-electron chi connectivity index (χ0n) is 14.1. The Hall–Kier alpha value is -1.85. The van der Waals surface area contributed by atoms with Crippen molar-refractivity contribution in [1.29, 1.82) is 0 Å². The molecule has 0 spiro atoms. The van der Waals surface area contributed by atoms with Gasteiger partial charge in [-0.1, -0.05) is 31.0 Å². The van der Waals surface area contributed by atoms with Crippen molar-refractivity contribution < 1.29 is 9.90 Å². The van der Waals surface area contributed by atoms with Crippen LogP contribution in [0.25, 0.3) is 5.69 Å². The number of carbonyl (C=O) groups is 1. The van der Waals surface area contributed by atoms with Crippen LogP contribution in [-0.4, -0.2) is 37.8 Å². The molecule has 1 aromatic heterocycles. The zero-order chi connectivity index (χ0) is 16.5. The second-order valence-electron chi connectivity index (χ2n) is 7.00. The second kappa shape index (κ2) is 7.58. The van der Waals surface area contributed by atoms with Gasteiger partial charge in [-0.3, -0.25) is 9.69 Å². The van der Waals surface area contributed by atoms with E-state index in [1.807, 2.05) is 47.4 Å². The number of benzene rings is 1. The third kappa shape index (κ3) is 3.58. The number of fused-ring (bicyclic) bond motifs is 1. The number of likely N-dealkylation sites (tertiary alicyclic amines) is 1. The Kier molecular flexibility index (Phi) is 5.45. The number of para-hydroxylation sites is 1. The highest BCUT2D eigenvalue weighted by atomic mass is 35.5. The molecule has 2 fully saturated rings. The molecule has 25 heavy (non-hydrogen) atoms. The van der Waals surface area contributed by atoms with E-state index in [2.05, 4.69) is 10.00 Å². The lowest BCUT2D eigenvalue weighted by atomic mass is 9.85. The summed E-state index contributed by atoms with van der Waals surface area (Å²) in [6.07, 6.45) is 9.44. The Morgan fingerprint density at radius 1 is 1.20 bits per heavy atom. The second-order valence-corrected chi connectivity index (χ2v) is 7.00. The molecule has 2 aliphatic rings. The fraction of sp³-hybridized carbons (Fsp3) is 0.474. The highest BCUT2D eigenvalue weighted by Gasteiger charge is 2.45. The molecule has 6 heteroatoms. The zero-order valence-corrected chi connectivity index (χ0v) is 14.9. The van der Waals surface area contributed by atoms with E-state index in [4.69, 9.17) is 0 Å². The largest absolute Gasteiger partial charge is 0.480 e. The number of hydrogen-bond donors (Lipinski definition) is 1. The molecule has 2 heterocycles. The summed E-state index contributed by atoms with van der Waals surface area (Å²) in [4.78, 5) is 13.9. The van der Waals surface area contributed by atoms with Crippen molar-refractivity contribution >= 4 is 18.4 Å². The van der Waals surface area contributed by atoms with Crippen molar-refractivity contribution in [3.63, 3.8) is 0 Å². The number of aromatic nitrogens is 2. The number of rotatable bonds is 4. The third-order valence-corrected chi connectivity index (χ3v) is 5.53. The highest BCUT2D eigenvalue weighted by molar-refractivity contribution is 5.85. The minimum absolute atomic E-state index is 0. The summed E-state index contributed by atoms with van der Waals surface area (Å²) in [6.45, 7) is 0.672. The van der Waals surface area contributed by atoms with Gasteiger partial charge < -0.3 is 5.11 Å². The van der Waals surface area contributed by atoms with Crippen LogP contribution in [0.5, 0.6) is 0 Å². The van der Waals surface area contributed by atoms with Crippen molar-refractivity contribution in [3.8, 4) is 5.69 Å². The molecular weight excluding hydrogens is 338 g/mol. The van der Waals surface area contributed by atoms with Gasteiger partial charge in [0.2, 0.25) is 0 Å². The van der Waals surface area contributed by atoms with Crippen LogP contribution in [0.4, 0.5) is 0 Å². The summed E-state index contributed by atoms with van der Waals surface area (Å²) in [5.74, 6) is -0.135. The summed E-state index contributed by atoms with van der Waals surface area (Å²) in [5, 5.41) is 14.1. The number of hydrogen-bond acceptors (Lipinski definition) is 3. The number of aliphatic carboxylic acids is 1. The van der Waals surface area contributed by atoms with Crippen molar-refractivity contribution in [2.24, 2.45) is 5.92 Å². The molecule has 1 aliphatic carbocycles. The molecule has 1 saturated carbocycles. The fourth-order valence-electron chi connectivity index (χ4n) is 4.40. The van der Waals surface area contributed by atoms with Gasteiger partial charge in [0, 0.05) is 24.3 Å². The van der Waals surface area contributed by atoms with E-state index in [0.29, 0.717) is 18.5 Å². The molecule has 0 radical (unpaired) electrons. The molecule has 1 aliphatic heterocycles. The monoisotopic (exact) mass is 361 g/mol. The lowest BCUT2D eigenvalue weighted by Gasteiger charge is -2.32. The van der Waals surface area contributed by atoms with Crippen LogP contribution in [0.2, 0.25) is 0 Å². The average molecular weight is 362 g/mol. The predicted octanol–water partition coefficient (Wildman–Crippen LogP) is 3.51. The van der Waals surface area contributed by atoms with E-state index in [1.165, 1.54) is 19.3 Å². The first-order valence-corrected chi connectivity index (χ1v) is 8.80. The molecular formula is C19H24ClN3O2. The van der Waals surface area contributed by atoms with Gasteiger partial charge in [0.25, 0.3) is 0 Å². The van der Waals surface area contributed by atoms with Crippen LogP contribution in [0.1, 0.15) is 37.7 Å². The molecule has 1 N–H and O–H groups in total. The topological polar surface area (TPSA) is 58.4 Å². The molecule has 3 unspecified atom stereocenters. The Bertz CT molecular complexity index is 718. The lowest BCUT2D eigenvalue weighted by Crippen LogP contribution is -2.41. The Morgan fingerprint density at radius 3 is 2.72 bits per heavy atom. The first kappa shape index (κ1) is 18.0. The highest BCUT2D eigenvalue weighted by Crippen LogP contribution is 2.40. The van der Waals surface area contributed by atoms with Gasteiger partial charge in [0.1, 0.15) is 6.04 Å². The maximum atomic E-state index is 11.7. The Morgan fingerprint density at radius 2 is 1.96 bits per heavy atom. The van der Waals surface area contributed by atoms with Crippen LogP contribution in [0.15, 0.2) is 42.7 Å². The molecule has 0 bridgehead atoms. The molecule has 2 aromatic rings. The van der Waals surface area contributed by atoms with E-state index >= 15 is 0 Å². The van der Waals surface area contributed by atoms with Gasteiger partial charge in [0.15, 0.2) is 0 Å². The maximum absolute atomic E-state index is 11.7. The molecule has 134 valence electrons. The quantitative estimate of drug-likeness (QED) is 0.905. The standard InChI is InChI=1S/C19H23N3O2.ClH/c23-19(24)18-10-15-6-4-5-9-17(15)21(18)12-14-11-20-22(13-14)16-7-2-1-3-8-16;/h1-3,7-8,11,13,15,17-18H,4-6,9-10,12H2,(H,23,24);1H.